The summed E-state index contributed by atoms with van der Waals surface area (Å²) < 4.78 is 4.85. The normalized spacial score (nSPS) is 17.1. The first-order valence-electron chi connectivity index (χ1n) is 6.50. The largest absolute Gasteiger partial charge is 0.375 e. The van der Waals surface area contributed by atoms with E-state index in [4.69, 9.17) is 4.74 Å². The van der Waals surface area contributed by atoms with Crippen molar-refractivity contribution in [2.45, 2.75) is 32.7 Å². The van der Waals surface area contributed by atoms with Gasteiger partial charge in [-0.2, -0.15) is 0 Å². The Bertz CT molecular complexity index is 297. The number of nitrogens with zero attached hydrogens (tertiary/aromatic N) is 2. The molecular weight excluding hydrogens is 232 g/mol. The van der Waals surface area contributed by atoms with Crippen LogP contribution in [0.4, 0.5) is 0 Å². The number of ether oxygens (including phenoxy) is 1. The van der Waals surface area contributed by atoms with Gasteiger partial charge in [0.05, 0.1) is 0 Å². The van der Waals surface area contributed by atoms with Crippen LogP contribution in [-0.4, -0.2) is 61.5 Å². The van der Waals surface area contributed by atoms with E-state index in [9.17, 15) is 9.59 Å². The summed E-state index contributed by atoms with van der Waals surface area (Å²) in [5.74, 6) is 0.244. The summed E-state index contributed by atoms with van der Waals surface area (Å²) in [6.07, 6.45) is 1.70. The number of carbonyl (C=O) groups is 2. The maximum absolute atomic E-state index is 11.9. The van der Waals surface area contributed by atoms with E-state index in [1.165, 1.54) is 7.11 Å². The number of hydrogen-bond donors (Lipinski definition) is 0. The molecule has 1 rings (SSSR count). The van der Waals surface area contributed by atoms with Gasteiger partial charge in [0.2, 0.25) is 11.8 Å². The average molecular weight is 256 g/mol. The molecule has 0 saturated carbocycles. The smallest absolute Gasteiger partial charge is 0.248 e. The zero-order valence-electron chi connectivity index (χ0n) is 11.8. The molecule has 1 aliphatic rings. The van der Waals surface area contributed by atoms with Crippen LogP contribution in [0.15, 0.2) is 0 Å². The van der Waals surface area contributed by atoms with Gasteiger partial charge >= 0.3 is 0 Å². The van der Waals surface area contributed by atoms with Gasteiger partial charge in [0.25, 0.3) is 0 Å². The van der Waals surface area contributed by atoms with E-state index < -0.39 is 0 Å². The third kappa shape index (κ3) is 3.70. The van der Waals surface area contributed by atoms with Crippen LogP contribution >= 0.6 is 0 Å². The quantitative estimate of drug-likeness (QED) is 0.745. The van der Waals surface area contributed by atoms with Crippen LogP contribution in [0.5, 0.6) is 0 Å². The monoisotopic (exact) mass is 256 g/mol. The summed E-state index contributed by atoms with van der Waals surface area (Å²) >= 11 is 0. The highest BCUT2D eigenvalue weighted by Gasteiger charge is 2.28. The second-order valence-electron chi connectivity index (χ2n) is 5.15. The van der Waals surface area contributed by atoms with Crippen molar-refractivity contribution in [2.24, 2.45) is 5.92 Å². The highest BCUT2D eigenvalue weighted by molar-refractivity contribution is 5.78. The zero-order valence-corrected chi connectivity index (χ0v) is 11.8. The van der Waals surface area contributed by atoms with E-state index >= 15 is 0 Å². The second-order valence-corrected chi connectivity index (χ2v) is 5.15. The predicted molar refractivity (Wildman–Crippen MR) is 69.1 cm³/mol. The Kier molecular flexibility index (Phi) is 5.59. The molecular formula is C13H24N2O3. The zero-order chi connectivity index (χ0) is 13.7. The van der Waals surface area contributed by atoms with Gasteiger partial charge in [0.1, 0.15) is 6.61 Å². The van der Waals surface area contributed by atoms with Crippen molar-refractivity contribution in [3.63, 3.8) is 0 Å². The lowest BCUT2D eigenvalue weighted by molar-refractivity contribution is -0.139. The predicted octanol–water partition coefficient (Wildman–Crippen LogP) is 0.738. The number of hydrogen-bond acceptors (Lipinski definition) is 3. The number of rotatable bonds is 4. The third-order valence-electron chi connectivity index (χ3n) is 3.47. The van der Waals surface area contributed by atoms with Crippen molar-refractivity contribution in [1.82, 2.24) is 9.80 Å². The summed E-state index contributed by atoms with van der Waals surface area (Å²) in [7, 11) is 3.39. The Hall–Kier alpha value is -1.10. The van der Waals surface area contributed by atoms with Crippen LogP contribution in [0.25, 0.3) is 0 Å². The molecule has 1 aliphatic heterocycles. The van der Waals surface area contributed by atoms with Crippen molar-refractivity contribution >= 4 is 11.8 Å². The highest BCUT2D eigenvalue weighted by atomic mass is 16.5. The molecule has 1 heterocycles. The summed E-state index contributed by atoms with van der Waals surface area (Å²) in [6, 6.07) is 0.256. The Labute approximate surface area is 109 Å². The van der Waals surface area contributed by atoms with Crippen LogP contribution in [-0.2, 0) is 14.3 Å². The molecule has 2 amide bonds. The first-order valence-corrected chi connectivity index (χ1v) is 6.50. The molecule has 18 heavy (non-hydrogen) atoms. The van der Waals surface area contributed by atoms with Gasteiger partial charge in [-0.15, -0.1) is 0 Å². The van der Waals surface area contributed by atoms with E-state index in [0.717, 1.165) is 12.8 Å². The molecule has 1 saturated heterocycles. The van der Waals surface area contributed by atoms with Crippen molar-refractivity contribution < 1.29 is 14.3 Å². The Balaban J connectivity index is 2.44. The van der Waals surface area contributed by atoms with Crippen LogP contribution in [0, 0.1) is 5.92 Å². The van der Waals surface area contributed by atoms with Crippen molar-refractivity contribution in [2.75, 3.05) is 33.9 Å². The minimum atomic E-state index is 0.0307. The van der Waals surface area contributed by atoms with Gasteiger partial charge in [0, 0.05) is 39.2 Å². The van der Waals surface area contributed by atoms with E-state index in [2.05, 4.69) is 0 Å². The molecule has 0 aromatic rings. The fraction of sp³-hybridized carbons (Fsp3) is 0.846. The molecule has 0 aromatic heterocycles. The van der Waals surface area contributed by atoms with E-state index in [1.807, 2.05) is 30.7 Å². The maximum Gasteiger partial charge on any atom is 0.248 e. The molecule has 0 N–H and O–H groups in total. The van der Waals surface area contributed by atoms with Crippen LogP contribution in [0.3, 0.4) is 0 Å². The van der Waals surface area contributed by atoms with Crippen molar-refractivity contribution in [1.29, 1.82) is 0 Å². The summed E-state index contributed by atoms with van der Waals surface area (Å²) in [5, 5.41) is 0. The van der Waals surface area contributed by atoms with Gasteiger partial charge in [0.15, 0.2) is 0 Å². The van der Waals surface area contributed by atoms with Crippen molar-refractivity contribution in [3.05, 3.63) is 0 Å². The minimum Gasteiger partial charge on any atom is -0.375 e. The molecule has 0 bridgehead atoms. The standard InChI is InChI=1S/C13H24N2O3/c1-10(2)13(17)14(3)11-5-7-15(8-6-11)12(16)9-18-4/h10-11H,5-9H2,1-4H3. The molecule has 1 fully saturated rings. The fourth-order valence-electron chi connectivity index (χ4n) is 2.30. The molecule has 0 aliphatic carbocycles. The fourth-order valence-corrected chi connectivity index (χ4v) is 2.30. The molecule has 0 spiro atoms. The van der Waals surface area contributed by atoms with Crippen molar-refractivity contribution in [3.8, 4) is 0 Å². The second kappa shape index (κ2) is 6.73. The Morgan fingerprint density at radius 3 is 2.33 bits per heavy atom. The van der Waals surface area contributed by atoms with Crippen LogP contribution < -0.4 is 0 Å². The SMILES string of the molecule is COCC(=O)N1CCC(N(C)C(=O)C(C)C)CC1. The molecule has 0 atom stereocenters. The summed E-state index contributed by atoms with van der Waals surface area (Å²) in [6.45, 7) is 5.39. The number of carbonyl (C=O) groups excluding carboxylic acids is 2. The first-order chi connectivity index (χ1) is 8.47. The first kappa shape index (κ1) is 15.0. The van der Waals surface area contributed by atoms with Gasteiger partial charge in [-0.3, -0.25) is 9.59 Å². The topological polar surface area (TPSA) is 49.9 Å². The lowest BCUT2D eigenvalue weighted by Crippen LogP contribution is -2.48. The number of piperidine rings is 1. The van der Waals surface area contributed by atoms with Crippen LogP contribution in [0.2, 0.25) is 0 Å². The molecule has 104 valence electrons. The van der Waals surface area contributed by atoms with Gasteiger partial charge in [-0.05, 0) is 12.8 Å². The van der Waals surface area contributed by atoms with E-state index in [1.54, 1.807) is 0 Å². The Morgan fingerprint density at radius 1 is 1.33 bits per heavy atom. The minimum absolute atomic E-state index is 0.0307. The van der Waals surface area contributed by atoms with Gasteiger partial charge < -0.3 is 14.5 Å². The molecule has 5 nitrogen and oxygen atoms in total. The molecule has 0 aromatic carbocycles. The number of methoxy groups -OCH3 is 1. The molecule has 0 radical (unpaired) electrons. The highest BCUT2D eigenvalue weighted by Crippen LogP contribution is 2.17. The average Bonchev–Trinajstić information content (AvgIpc) is 2.37. The lowest BCUT2D eigenvalue weighted by Gasteiger charge is -2.37. The summed E-state index contributed by atoms with van der Waals surface area (Å²) in [5.41, 5.74) is 0. The van der Waals surface area contributed by atoms with E-state index in [0.29, 0.717) is 13.1 Å². The van der Waals surface area contributed by atoms with Crippen LogP contribution in [0.1, 0.15) is 26.7 Å². The Morgan fingerprint density at radius 2 is 1.89 bits per heavy atom. The lowest BCUT2D eigenvalue weighted by atomic mass is 10.0. The third-order valence-corrected chi connectivity index (χ3v) is 3.47. The van der Waals surface area contributed by atoms with Gasteiger partial charge in [-0.1, -0.05) is 13.8 Å². The summed E-state index contributed by atoms with van der Waals surface area (Å²) in [4.78, 5) is 27.2. The number of likely N-dealkylation sites (tertiary alicyclic amines) is 1. The molecule has 5 heteroatoms. The van der Waals surface area contributed by atoms with E-state index in [-0.39, 0.29) is 30.4 Å². The van der Waals surface area contributed by atoms with Gasteiger partial charge in [-0.25, -0.2) is 0 Å². The molecule has 0 unspecified atom stereocenters. The number of amides is 2. The maximum atomic E-state index is 11.9.